The predicted molar refractivity (Wildman–Crippen MR) is 87.0 cm³/mol. The Kier molecular flexibility index (Phi) is 3.32. The fourth-order valence-corrected chi connectivity index (χ4v) is 3.01. The molecule has 0 unspecified atom stereocenters. The summed E-state index contributed by atoms with van der Waals surface area (Å²) in [5.74, 6) is 2.30. The molecule has 2 aliphatic carbocycles. The molecule has 2 fully saturated rings. The van der Waals surface area contributed by atoms with E-state index in [1.54, 1.807) is 4.90 Å². The SMILES string of the molecule is CN(C)c1nnc(-c2ccc(NC(=O)[C@@H]3C[C@@H]3C3CC3)cc2)o1. The summed E-state index contributed by atoms with van der Waals surface area (Å²) in [5, 5.41) is 11.0. The van der Waals surface area contributed by atoms with Gasteiger partial charge in [-0.3, -0.25) is 4.79 Å². The molecule has 0 saturated heterocycles. The van der Waals surface area contributed by atoms with Crippen molar-refractivity contribution in [1.82, 2.24) is 10.2 Å². The topological polar surface area (TPSA) is 71.3 Å². The van der Waals surface area contributed by atoms with Crippen LogP contribution in [0.2, 0.25) is 0 Å². The third-order valence-corrected chi connectivity index (χ3v) is 4.60. The monoisotopic (exact) mass is 312 g/mol. The molecule has 2 atom stereocenters. The lowest BCUT2D eigenvalue weighted by Gasteiger charge is -2.05. The van der Waals surface area contributed by atoms with Gasteiger partial charge >= 0.3 is 6.01 Å². The molecule has 0 aliphatic heterocycles. The van der Waals surface area contributed by atoms with Crippen molar-refractivity contribution in [3.8, 4) is 11.5 Å². The van der Waals surface area contributed by atoms with Gasteiger partial charge in [-0.25, -0.2) is 0 Å². The quantitative estimate of drug-likeness (QED) is 0.919. The first-order valence-corrected chi connectivity index (χ1v) is 8.04. The Bertz CT molecular complexity index is 718. The summed E-state index contributed by atoms with van der Waals surface area (Å²) in [7, 11) is 3.70. The number of carbonyl (C=O) groups is 1. The van der Waals surface area contributed by atoms with Crippen LogP contribution in [0.15, 0.2) is 28.7 Å². The van der Waals surface area contributed by atoms with Crippen LogP contribution in [0.4, 0.5) is 11.7 Å². The second-order valence-corrected chi connectivity index (χ2v) is 6.69. The molecule has 0 bridgehead atoms. The van der Waals surface area contributed by atoms with Crippen molar-refractivity contribution in [2.24, 2.45) is 17.8 Å². The van der Waals surface area contributed by atoms with Crippen molar-refractivity contribution >= 4 is 17.6 Å². The van der Waals surface area contributed by atoms with Crippen LogP contribution in [0, 0.1) is 17.8 Å². The number of amides is 1. The summed E-state index contributed by atoms with van der Waals surface area (Å²) in [4.78, 5) is 14.0. The van der Waals surface area contributed by atoms with Gasteiger partial charge in [-0.2, -0.15) is 0 Å². The molecule has 1 amide bonds. The zero-order chi connectivity index (χ0) is 16.0. The van der Waals surface area contributed by atoms with Crippen LogP contribution in [0.5, 0.6) is 0 Å². The lowest BCUT2D eigenvalue weighted by atomic mass is 10.2. The van der Waals surface area contributed by atoms with Gasteiger partial charge in [-0.15, -0.1) is 5.10 Å². The van der Waals surface area contributed by atoms with Crippen LogP contribution in [0.3, 0.4) is 0 Å². The summed E-state index contributed by atoms with van der Waals surface area (Å²) in [5.41, 5.74) is 1.65. The Morgan fingerprint density at radius 2 is 1.96 bits per heavy atom. The molecule has 6 heteroatoms. The number of carbonyl (C=O) groups excluding carboxylic acids is 1. The van der Waals surface area contributed by atoms with Crippen LogP contribution < -0.4 is 10.2 Å². The number of aromatic nitrogens is 2. The first-order chi connectivity index (χ1) is 11.1. The molecule has 1 N–H and O–H groups in total. The molecule has 2 saturated carbocycles. The van der Waals surface area contributed by atoms with E-state index in [4.69, 9.17) is 4.42 Å². The van der Waals surface area contributed by atoms with Crippen molar-refractivity contribution in [1.29, 1.82) is 0 Å². The van der Waals surface area contributed by atoms with Crippen molar-refractivity contribution in [2.45, 2.75) is 19.3 Å². The van der Waals surface area contributed by atoms with Gasteiger partial charge in [-0.1, -0.05) is 5.10 Å². The fraction of sp³-hybridized carbons (Fsp3) is 0.471. The smallest absolute Gasteiger partial charge is 0.317 e. The highest BCUT2D eigenvalue weighted by Crippen LogP contribution is 2.54. The highest BCUT2D eigenvalue weighted by atomic mass is 16.4. The summed E-state index contributed by atoms with van der Waals surface area (Å²) in [6.45, 7) is 0. The van der Waals surface area contributed by atoms with Gasteiger partial charge in [0.1, 0.15) is 0 Å². The van der Waals surface area contributed by atoms with E-state index >= 15 is 0 Å². The van der Waals surface area contributed by atoms with E-state index in [2.05, 4.69) is 15.5 Å². The van der Waals surface area contributed by atoms with E-state index < -0.39 is 0 Å². The molecule has 1 aromatic carbocycles. The summed E-state index contributed by atoms with van der Waals surface area (Å²) in [6, 6.07) is 7.99. The Morgan fingerprint density at radius 3 is 2.57 bits per heavy atom. The molecule has 1 heterocycles. The number of rotatable bonds is 5. The minimum absolute atomic E-state index is 0.155. The standard InChI is InChI=1S/C17H20N4O2/c1-21(2)17-20-19-16(23-17)11-5-7-12(8-6-11)18-15(22)14-9-13(14)10-3-4-10/h5-8,10,13-14H,3-4,9H2,1-2H3,(H,18,22)/t13-,14-/m1/s1. The van der Waals surface area contributed by atoms with Crippen molar-refractivity contribution in [2.75, 3.05) is 24.3 Å². The number of nitrogens with one attached hydrogen (secondary N) is 1. The Labute approximate surface area is 134 Å². The molecule has 120 valence electrons. The number of anilines is 2. The fourth-order valence-electron chi connectivity index (χ4n) is 3.01. The molecule has 2 aliphatic rings. The van der Waals surface area contributed by atoms with Crippen LogP contribution in [-0.2, 0) is 4.79 Å². The predicted octanol–water partition coefficient (Wildman–Crippen LogP) is 2.79. The van der Waals surface area contributed by atoms with Gasteiger partial charge in [0.05, 0.1) is 0 Å². The second kappa shape index (κ2) is 5.37. The van der Waals surface area contributed by atoms with Gasteiger partial charge in [0.25, 0.3) is 0 Å². The highest BCUT2D eigenvalue weighted by Gasteiger charge is 2.51. The molecule has 6 nitrogen and oxygen atoms in total. The van der Waals surface area contributed by atoms with Crippen LogP contribution in [0.25, 0.3) is 11.5 Å². The summed E-state index contributed by atoms with van der Waals surface area (Å²) >= 11 is 0. The zero-order valence-corrected chi connectivity index (χ0v) is 13.3. The third kappa shape index (κ3) is 2.93. The molecule has 2 aromatic rings. The van der Waals surface area contributed by atoms with Gasteiger partial charge in [-0.05, 0) is 55.4 Å². The Morgan fingerprint density at radius 1 is 1.22 bits per heavy atom. The van der Waals surface area contributed by atoms with Gasteiger partial charge < -0.3 is 14.6 Å². The van der Waals surface area contributed by atoms with Crippen molar-refractivity contribution in [3.63, 3.8) is 0 Å². The summed E-state index contributed by atoms with van der Waals surface area (Å²) < 4.78 is 5.56. The van der Waals surface area contributed by atoms with Crippen LogP contribution in [0.1, 0.15) is 19.3 Å². The molecule has 1 aromatic heterocycles. The molecule has 0 spiro atoms. The zero-order valence-electron chi connectivity index (χ0n) is 13.3. The van der Waals surface area contributed by atoms with E-state index in [9.17, 15) is 4.79 Å². The molecule has 4 rings (SSSR count). The molecule has 23 heavy (non-hydrogen) atoms. The minimum atomic E-state index is 0.155. The highest BCUT2D eigenvalue weighted by molar-refractivity contribution is 5.94. The van der Waals surface area contributed by atoms with E-state index in [1.165, 1.54) is 12.8 Å². The number of nitrogens with zero attached hydrogens (tertiary/aromatic N) is 3. The summed E-state index contributed by atoms with van der Waals surface area (Å²) in [6.07, 6.45) is 3.68. The Balaban J connectivity index is 1.40. The number of hydrogen-bond donors (Lipinski definition) is 1. The normalized spacial score (nSPS) is 22.7. The maximum absolute atomic E-state index is 12.2. The first kappa shape index (κ1) is 14.2. The van der Waals surface area contributed by atoms with Crippen LogP contribution in [-0.4, -0.2) is 30.2 Å². The lowest BCUT2D eigenvalue weighted by Crippen LogP contribution is -2.15. The average Bonchev–Trinajstić information content (AvgIpc) is 3.43. The third-order valence-electron chi connectivity index (χ3n) is 4.60. The first-order valence-electron chi connectivity index (χ1n) is 8.04. The largest absolute Gasteiger partial charge is 0.403 e. The lowest BCUT2D eigenvalue weighted by molar-refractivity contribution is -0.117. The molecular formula is C17H20N4O2. The number of hydrogen-bond acceptors (Lipinski definition) is 5. The second-order valence-electron chi connectivity index (χ2n) is 6.69. The average molecular weight is 312 g/mol. The van der Waals surface area contributed by atoms with Gasteiger partial charge in [0.15, 0.2) is 0 Å². The van der Waals surface area contributed by atoms with Gasteiger partial charge in [0, 0.05) is 31.3 Å². The maximum atomic E-state index is 12.2. The molecule has 0 radical (unpaired) electrons. The number of benzene rings is 1. The van der Waals surface area contributed by atoms with E-state index in [-0.39, 0.29) is 11.8 Å². The van der Waals surface area contributed by atoms with E-state index in [0.717, 1.165) is 23.6 Å². The Hall–Kier alpha value is -2.37. The van der Waals surface area contributed by atoms with Crippen molar-refractivity contribution < 1.29 is 9.21 Å². The maximum Gasteiger partial charge on any atom is 0.317 e. The van der Waals surface area contributed by atoms with E-state index in [1.807, 2.05) is 38.4 Å². The van der Waals surface area contributed by atoms with Crippen molar-refractivity contribution in [3.05, 3.63) is 24.3 Å². The van der Waals surface area contributed by atoms with Crippen LogP contribution >= 0.6 is 0 Å². The van der Waals surface area contributed by atoms with Gasteiger partial charge in [0.2, 0.25) is 11.8 Å². The van der Waals surface area contributed by atoms with E-state index in [0.29, 0.717) is 17.8 Å². The minimum Gasteiger partial charge on any atom is -0.403 e. The molecular weight excluding hydrogens is 292 g/mol.